The average molecular weight is 373 g/mol. The molecule has 1 amide bonds. The van der Waals surface area contributed by atoms with E-state index >= 15 is 0 Å². The van der Waals surface area contributed by atoms with Gasteiger partial charge in [0.2, 0.25) is 11.6 Å². The molecule has 2 heterocycles. The van der Waals surface area contributed by atoms with Crippen molar-refractivity contribution in [2.24, 2.45) is 5.73 Å². The Morgan fingerprint density at radius 2 is 2.00 bits per heavy atom. The first-order chi connectivity index (χ1) is 12.8. The number of aromatic nitrogens is 2. The van der Waals surface area contributed by atoms with Gasteiger partial charge in [-0.15, -0.1) is 0 Å². The van der Waals surface area contributed by atoms with Crippen molar-refractivity contribution in [1.29, 1.82) is 0 Å². The number of hydrogen-bond donors (Lipinski definition) is 1. The lowest BCUT2D eigenvalue weighted by atomic mass is 10.1. The second-order valence-electron chi connectivity index (χ2n) is 5.75. The first-order valence-corrected chi connectivity index (χ1v) is 8.07. The third-order valence-corrected chi connectivity index (χ3v) is 4.03. The smallest absolute Gasteiger partial charge is 0.342 e. The van der Waals surface area contributed by atoms with E-state index in [0.717, 1.165) is 23.0 Å². The van der Waals surface area contributed by atoms with Gasteiger partial charge in [0.25, 0.3) is 5.56 Å². The SMILES string of the molecule is CCOC(=O)c1c(C)oc2ncn([C@@H](C(N)=O)c3ccc(F)cc3)c(=O)c12. The number of nitrogens with zero attached hydrogens (tertiary/aromatic N) is 2. The van der Waals surface area contributed by atoms with Crippen molar-refractivity contribution in [1.82, 2.24) is 9.55 Å². The topological polar surface area (TPSA) is 117 Å². The molecule has 1 aromatic carbocycles. The molecule has 3 aromatic rings. The van der Waals surface area contributed by atoms with E-state index in [4.69, 9.17) is 14.9 Å². The van der Waals surface area contributed by atoms with E-state index < -0.39 is 29.3 Å². The second kappa shape index (κ2) is 7.02. The van der Waals surface area contributed by atoms with Crippen LogP contribution in [0.15, 0.2) is 39.8 Å². The summed E-state index contributed by atoms with van der Waals surface area (Å²) in [5, 5.41) is -0.109. The summed E-state index contributed by atoms with van der Waals surface area (Å²) < 4.78 is 24.5. The Balaban J connectivity index is 2.25. The number of primary amides is 1. The van der Waals surface area contributed by atoms with Gasteiger partial charge in [-0.3, -0.25) is 14.2 Å². The molecule has 140 valence electrons. The van der Waals surface area contributed by atoms with Gasteiger partial charge in [0.1, 0.15) is 34.9 Å². The maximum atomic E-state index is 13.2. The molecule has 1 atom stereocenters. The Morgan fingerprint density at radius 3 is 2.59 bits per heavy atom. The quantitative estimate of drug-likeness (QED) is 0.680. The van der Waals surface area contributed by atoms with E-state index in [-0.39, 0.29) is 29.0 Å². The fourth-order valence-corrected chi connectivity index (χ4v) is 2.86. The van der Waals surface area contributed by atoms with Gasteiger partial charge in [-0.2, -0.15) is 0 Å². The Bertz CT molecular complexity index is 1080. The minimum Gasteiger partial charge on any atom is -0.462 e. The number of hydrogen-bond acceptors (Lipinski definition) is 6. The second-order valence-corrected chi connectivity index (χ2v) is 5.75. The highest BCUT2D eigenvalue weighted by molar-refractivity contribution is 6.03. The molecule has 0 radical (unpaired) electrons. The van der Waals surface area contributed by atoms with Crippen molar-refractivity contribution in [3.8, 4) is 0 Å². The molecule has 0 aliphatic heterocycles. The molecule has 27 heavy (non-hydrogen) atoms. The van der Waals surface area contributed by atoms with Crippen LogP contribution in [0.1, 0.15) is 34.6 Å². The number of carbonyl (C=O) groups excluding carboxylic acids is 2. The van der Waals surface area contributed by atoms with Crippen LogP contribution in [0.4, 0.5) is 4.39 Å². The average Bonchev–Trinajstić information content (AvgIpc) is 2.95. The van der Waals surface area contributed by atoms with Crippen molar-refractivity contribution in [2.45, 2.75) is 19.9 Å². The third kappa shape index (κ3) is 3.19. The van der Waals surface area contributed by atoms with Crippen molar-refractivity contribution >= 4 is 23.0 Å². The lowest BCUT2D eigenvalue weighted by Gasteiger charge is -2.16. The summed E-state index contributed by atoms with van der Waals surface area (Å²) in [6.45, 7) is 3.24. The third-order valence-electron chi connectivity index (χ3n) is 4.03. The number of furan rings is 1. The van der Waals surface area contributed by atoms with E-state index in [0.29, 0.717) is 5.56 Å². The van der Waals surface area contributed by atoms with Gasteiger partial charge >= 0.3 is 5.97 Å². The standard InChI is InChI=1S/C18H16FN3O5/c1-3-26-18(25)12-9(2)27-16-13(12)17(24)22(8-21-16)14(15(20)23)10-4-6-11(19)7-5-10/h4-8,14H,3H2,1-2H3,(H2,20,23)/t14-/m1/s1. The van der Waals surface area contributed by atoms with E-state index in [2.05, 4.69) is 4.98 Å². The van der Waals surface area contributed by atoms with E-state index in [9.17, 15) is 18.8 Å². The summed E-state index contributed by atoms with van der Waals surface area (Å²) in [5.74, 6) is -1.91. The van der Waals surface area contributed by atoms with Gasteiger partial charge in [-0.1, -0.05) is 12.1 Å². The molecule has 0 saturated carbocycles. The maximum absolute atomic E-state index is 13.2. The number of fused-ring (bicyclic) bond motifs is 1. The molecule has 0 bridgehead atoms. The number of benzene rings is 1. The van der Waals surface area contributed by atoms with Crippen LogP contribution in [0.2, 0.25) is 0 Å². The highest BCUT2D eigenvalue weighted by Gasteiger charge is 2.28. The number of amides is 1. The van der Waals surface area contributed by atoms with Crippen LogP contribution in [0.25, 0.3) is 11.1 Å². The van der Waals surface area contributed by atoms with Crippen molar-refractivity contribution in [2.75, 3.05) is 6.61 Å². The zero-order chi connectivity index (χ0) is 19.7. The number of rotatable bonds is 5. The summed E-state index contributed by atoms with van der Waals surface area (Å²) in [4.78, 5) is 41.3. The molecule has 2 aromatic heterocycles. The van der Waals surface area contributed by atoms with Crippen molar-refractivity contribution in [3.63, 3.8) is 0 Å². The number of ether oxygens (including phenoxy) is 1. The minimum atomic E-state index is -1.24. The number of esters is 1. The minimum absolute atomic E-state index is 0.0546. The molecule has 9 heteroatoms. The summed E-state index contributed by atoms with van der Waals surface area (Å²) in [7, 11) is 0. The fraction of sp³-hybridized carbons (Fsp3) is 0.222. The summed E-state index contributed by atoms with van der Waals surface area (Å²) >= 11 is 0. The maximum Gasteiger partial charge on any atom is 0.342 e. The summed E-state index contributed by atoms with van der Waals surface area (Å²) in [6, 6.07) is 3.74. The van der Waals surface area contributed by atoms with Gasteiger partial charge in [0, 0.05) is 0 Å². The number of nitrogens with two attached hydrogens (primary N) is 1. The van der Waals surface area contributed by atoms with Crippen LogP contribution >= 0.6 is 0 Å². The van der Waals surface area contributed by atoms with Gasteiger partial charge in [-0.25, -0.2) is 14.2 Å². The predicted octanol–water partition coefficient (Wildman–Crippen LogP) is 1.69. The molecule has 0 aliphatic rings. The lowest BCUT2D eigenvalue weighted by molar-refractivity contribution is -0.120. The van der Waals surface area contributed by atoms with Crippen LogP contribution < -0.4 is 11.3 Å². The van der Waals surface area contributed by atoms with Gasteiger partial charge in [0.15, 0.2) is 0 Å². The monoisotopic (exact) mass is 373 g/mol. The van der Waals surface area contributed by atoms with Crippen molar-refractivity contribution < 1.29 is 23.1 Å². The molecular formula is C18H16FN3O5. The molecule has 0 fully saturated rings. The zero-order valence-electron chi connectivity index (χ0n) is 14.6. The van der Waals surface area contributed by atoms with Crippen LogP contribution in [0.5, 0.6) is 0 Å². The molecule has 0 saturated heterocycles. The van der Waals surface area contributed by atoms with Gasteiger partial charge in [-0.05, 0) is 31.5 Å². The lowest BCUT2D eigenvalue weighted by Crippen LogP contribution is -2.35. The number of carbonyl (C=O) groups is 2. The van der Waals surface area contributed by atoms with E-state index in [1.165, 1.54) is 19.1 Å². The Hall–Kier alpha value is -3.49. The highest BCUT2D eigenvalue weighted by atomic mass is 19.1. The Labute approximate surface area is 152 Å². The molecule has 8 nitrogen and oxygen atoms in total. The molecule has 3 rings (SSSR count). The van der Waals surface area contributed by atoms with Crippen molar-refractivity contribution in [3.05, 3.63) is 63.7 Å². The van der Waals surface area contributed by atoms with Crippen LogP contribution in [0, 0.1) is 12.7 Å². The van der Waals surface area contributed by atoms with E-state index in [1.54, 1.807) is 6.92 Å². The Kier molecular flexibility index (Phi) is 4.76. The Morgan fingerprint density at radius 1 is 1.33 bits per heavy atom. The fourth-order valence-electron chi connectivity index (χ4n) is 2.86. The zero-order valence-corrected chi connectivity index (χ0v) is 14.6. The molecule has 0 spiro atoms. The predicted molar refractivity (Wildman–Crippen MR) is 92.7 cm³/mol. The largest absolute Gasteiger partial charge is 0.462 e. The molecule has 0 unspecified atom stereocenters. The normalized spacial score (nSPS) is 12.1. The highest BCUT2D eigenvalue weighted by Crippen LogP contribution is 2.24. The van der Waals surface area contributed by atoms with Gasteiger partial charge in [0.05, 0.1) is 6.61 Å². The van der Waals surface area contributed by atoms with Crippen LogP contribution in [-0.4, -0.2) is 28.0 Å². The first-order valence-electron chi connectivity index (χ1n) is 8.07. The van der Waals surface area contributed by atoms with Crippen LogP contribution in [-0.2, 0) is 9.53 Å². The molecule has 2 N–H and O–H groups in total. The first kappa shape index (κ1) is 18.3. The molecule has 0 aliphatic carbocycles. The molecular weight excluding hydrogens is 357 g/mol. The van der Waals surface area contributed by atoms with Crippen LogP contribution in [0.3, 0.4) is 0 Å². The van der Waals surface area contributed by atoms with Gasteiger partial charge < -0.3 is 14.9 Å². The summed E-state index contributed by atoms with van der Waals surface area (Å²) in [5.41, 5.74) is 4.95. The number of halogens is 1. The van der Waals surface area contributed by atoms with E-state index in [1.807, 2.05) is 0 Å². The summed E-state index contributed by atoms with van der Waals surface area (Å²) in [6.07, 6.45) is 1.10. The number of aryl methyl sites for hydroxylation is 1.